The average Bonchev–Trinajstić information content (AvgIpc) is 2.25. The number of carboxylic acid groups (broad SMARTS) is 1. The standard InChI is InChI=1S/C11H15BrN2O2/c1-3-4-5-14(2)10-9(12)6-8(7-13-10)11(15)16/h6-7H,3-5H2,1-2H3,(H,15,16). The van der Waals surface area contributed by atoms with E-state index >= 15 is 0 Å². The predicted octanol–water partition coefficient (Wildman–Crippen LogP) is 2.78. The lowest BCUT2D eigenvalue weighted by Crippen LogP contribution is -2.20. The molecule has 1 aromatic rings. The van der Waals surface area contributed by atoms with Gasteiger partial charge in [0.15, 0.2) is 0 Å². The highest BCUT2D eigenvalue weighted by Crippen LogP contribution is 2.23. The van der Waals surface area contributed by atoms with E-state index in [0.717, 1.165) is 25.2 Å². The maximum Gasteiger partial charge on any atom is 0.337 e. The first-order chi connectivity index (χ1) is 7.56. The van der Waals surface area contributed by atoms with Crippen LogP contribution in [0, 0.1) is 0 Å². The lowest BCUT2D eigenvalue weighted by Gasteiger charge is -2.19. The third-order valence-corrected chi connectivity index (χ3v) is 2.86. The van der Waals surface area contributed by atoms with Gasteiger partial charge in [0, 0.05) is 19.8 Å². The fraction of sp³-hybridized carbons (Fsp3) is 0.455. The second-order valence-corrected chi connectivity index (χ2v) is 4.46. The molecule has 0 aliphatic rings. The first-order valence-electron chi connectivity index (χ1n) is 5.16. The van der Waals surface area contributed by atoms with E-state index in [1.165, 1.54) is 6.20 Å². The van der Waals surface area contributed by atoms with Crippen LogP contribution in [0.5, 0.6) is 0 Å². The Labute approximate surface area is 103 Å². The van der Waals surface area contributed by atoms with Gasteiger partial charge in [-0.25, -0.2) is 9.78 Å². The van der Waals surface area contributed by atoms with Crippen LogP contribution < -0.4 is 4.90 Å². The van der Waals surface area contributed by atoms with Gasteiger partial charge in [-0.1, -0.05) is 13.3 Å². The van der Waals surface area contributed by atoms with Gasteiger partial charge in [0.2, 0.25) is 0 Å². The molecule has 0 aliphatic heterocycles. The van der Waals surface area contributed by atoms with E-state index in [4.69, 9.17) is 5.11 Å². The summed E-state index contributed by atoms with van der Waals surface area (Å²) >= 11 is 3.34. The normalized spacial score (nSPS) is 10.2. The Balaban J connectivity index is 2.85. The van der Waals surface area contributed by atoms with Crippen LogP contribution >= 0.6 is 15.9 Å². The molecule has 0 bridgehead atoms. The molecular weight excluding hydrogens is 272 g/mol. The smallest absolute Gasteiger partial charge is 0.337 e. The minimum absolute atomic E-state index is 0.194. The highest BCUT2D eigenvalue weighted by molar-refractivity contribution is 9.10. The maximum atomic E-state index is 10.7. The van der Waals surface area contributed by atoms with Gasteiger partial charge >= 0.3 is 5.97 Å². The molecule has 0 spiro atoms. The van der Waals surface area contributed by atoms with Gasteiger partial charge in [-0.2, -0.15) is 0 Å². The number of hydrogen-bond donors (Lipinski definition) is 1. The molecule has 1 heterocycles. The highest BCUT2D eigenvalue weighted by atomic mass is 79.9. The van der Waals surface area contributed by atoms with E-state index in [0.29, 0.717) is 4.47 Å². The van der Waals surface area contributed by atoms with Gasteiger partial charge in [0.25, 0.3) is 0 Å². The Morgan fingerprint density at radius 3 is 2.81 bits per heavy atom. The second-order valence-electron chi connectivity index (χ2n) is 3.61. The first kappa shape index (κ1) is 13.0. The number of hydrogen-bond acceptors (Lipinski definition) is 3. The van der Waals surface area contributed by atoms with E-state index in [-0.39, 0.29) is 5.56 Å². The van der Waals surface area contributed by atoms with Gasteiger partial charge in [0.1, 0.15) is 5.82 Å². The van der Waals surface area contributed by atoms with Gasteiger partial charge in [-0.15, -0.1) is 0 Å². The van der Waals surface area contributed by atoms with Crippen molar-refractivity contribution in [2.75, 3.05) is 18.5 Å². The van der Waals surface area contributed by atoms with E-state index in [9.17, 15) is 4.79 Å². The summed E-state index contributed by atoms with van der Waals surface area (Å²) in [5.41, 5.74) is 0.194. The SMILES string of the molecule is CCCCN(C)c1ncc(C(=O)O)cc1Br. The molecule has 4 nitrogen and oxygen atoms in total. The summed E-state index contributed by atoms with van der Waals surface area (Å²) in [5, 5.41) is 8.81. The van der Waals surface area contributed by atoms with Crippen molar-refractivity contribution >= 4 is 27.7 Å². The zero-order valence-electron chi connectivity index (χ0n) is 9.40. The molecule has 1 rings (SSSR count). The number of aromatic carboxylic acids is 1. The van der Waals surface area contributed by atoms with Gasteiger partial charge in [0.05, 0.1) is 10.0 Å². The average molecular weight is 287 g/mol. The van der Waals surface area contributed by atoms with Crippen molar-refractivity contribution < 1.29 is 9.90 Å². The number of rotatable bonds is 5. The number of nitrogens with zero attached hydrogens (tertiary/aromatic N) is 2. The quantitative estimate of drug-likeness (QED) is 0.904. The summed E-state index contributed by atoms with van der Waals surface area (Å²) < 4.78 is 0.714. The number of carboxylic acids is 1. The maximum absolute atomic E-state index is 10.7. The second kappa shape index (κ2) is 5.84. The van der Waals surface area contributed by atoms with Crippen molar-refractivity contribution in [3.05, 3.63) is 22.3 Å². The van der Waals surface area contributed by atoms with Crippen molar-refractivity contribution in [3.63, 3.8) is 0 Å². The van der Waals surface area contributed by atoms with E-state index in [1.54, 1.807) is 6.07 Å². The van der Waals surface area contributed by atoms with Crippen LogP contribution in [0.3, 0.4) is 0 Å². The third kappa shape index (κ3) is 3.20. The summed E-state index contributed by atoms with van der Waals surface area (Å²) in [6.45, 7) is 3.04. The van der Waals surface area contributed by atoms with Crippen molar-refractivity contribution in [2.24, 2.45) is 0 Å². The first-order valence-corrected chi connectivity index (χ1v) is 5.95. The number of unbranched alkanes of at least 4 members (excludes halogenated alkanes) is 1. The molecule has 0 amide bonds. The Morgan fingerprint density at radius 2 is 2.31 bits per heavy atom. The minimum Gasteiger partial charge on any atom is -0.478 e. The molecule has 0 aliphatic carbocycles. The van der Waals surface area contributed by atoms with Crippen LogP contribution in [-0.4, -0.2) is 29.7 Å². The summed E-state index contributed by atoms with van der Waals surface area (Å²) in [4.78, 5) is 16.9. The Hall–Kier alpha value is -1.10. The molecule has 0 aromatic carbocycles. The molecule has 0 atom stereocenters. The van der Waals surface area contributed by atoms with Crippen LogP contribution in [0.2, 0.25) is 0 Å². The number of halogens is 1. The van der Waals surface area contributed by atoms with E-state index < -0.39 is 5.97 Å². The third-order valence-electron chi connectivity index (χ3n) is 2.28. The van der Waals surface area contributed by atoms with Crippen molar-refractivity contribution in [2.45, 2.75) is 19.8 Å². The molecule has 88 valence electrons. The topological polar surface area (TPSA) is 53.4 Å². The zero-order valence-corrected chi connectivity index (χ0v) is 11.0. The zero-order chi connectivity index (χ0) is 12.1. The number of aromatic nitrogens is 1. The van der Waals surface area contributed by atoms with Gasteiger partial charge in [-0.05, 0) is 28.4 Å². The molecule has 5 heteroatoms. The Kier molecular flexibility index (Phi) is 4.73. The van der Waals surface area contributed by atoms with Crippen molar-refractivity contribution in [3.8, 4) is 0 Å². The molecule has 0 radical (unpaired) electrons. The molecule has 0 saturated carbocycles. The molecule has 0 unspecified atom stereocenters. The number of pyridine rings is 1. The monoisotopic (exact) mass is 286 g/mol. The lowest BCUT2D eigenvalue weighted by atomic mass is 10.2. The van der Waals surface area contributed by atoms with Crippen LogP contribution in [0.4, 0.5) is 5.82 Å². The highest BCUT2D eigenvalue weighted by Gasteiger charge is 2.10. The van der Waals surface area contributed by atoms with Crippen LogP contribution in [0.25, 0.3) is 0 Å². The molecule has 0 fully saturated rings. The molecule has 16 heavy (non-hydrogen) atoms. The summed E-state index contributed by atoms with van der Waals surface area (Å²) in [7, 11) is 1.95. The molecule has 1 aromatic heterocycles. The van der Waals surface area contributed by atoms with Gasteiger partial charge in [-0.3, -0.25) is 0 Å². The summed E-state index contributed by atoms with van der Waals surface area (Å²) in [6.07, 6.45) is 3.59. The van der Waals surface area contributed by atoms with Crippen molar-refractivity contribution in [1.82, 2.24) is 4.98 Å². The number of carbonyl (C=O) groups is 1. The lowest BCUT2D eigenvalue weighted by molar-refractivity contribution is 0.0696. The molecule has 0 saturated heterocycles. The molecule has 1 N–H and O–H groups in total. The van der Waals surface area contributed by atoms with Crippen LogP contribution in [0.1, 0.15) is 30.1 Å². The number of anilines is 1. The van der Waals surface area contributed by atoms with Crippen molar-refractivity contribution in [1.29, 1.82) is 0 Å². The minimum atomic E-state index is -0.962. The Morgan fingerprint density at radius 1 is 1.62 bits per heavy atom. The molecular formula is C11H15BrN2O2. The Bertz CT molecular complexity index is 382. The van der Waals surface area contributed by atoms with E-state index in [1.807, 2.05) is 11.9 Å². The fourth-order valence-corrected chi connectivity index (χ4v) is 1.98. The largest absolute Gasteiger partial charge is 0.478 e. The summed E-state index contributed by atoms with van der Waals surface area (Å²) in [5.74, 6) is -0.186. The fourth-order valence-electron chi connectivity index (χ4n) is 1.33. The predicted molar refractivity (Wildman–Crippen MR) is 67.1 cm³/mol. The van der Waals surface area contributed by atoms with E-state index in [2.05, 4.69) is 27.8 Å². The van der Waals surface area contributed by atoms with Crippen LogP contribution in [0.15, 0.2) is 16.7 Å². The van der Waals surface area contributed by atoms with Crippen LogP contribution in [-0.2, 0) is 0 Å². The van der Waals surface area contributed by atoms with Gasteiger partial charge < -0.3 is 10.0 Å². The summed E-state index contributed by atoms with van der Waals surface area (Å²) in [6, 6.07) is 1.58.